The zero-order chi connectivity index (χ0) is 19.1. The summed E-state index contributed by atoms with van der Waals surface area (Å²) in [6.07, 6.45) is 1.53. The van der Waals surface area contributed by atoms with E-state index >= 15 is 0 Å². The first-order valence-electron chi connectivity index (χ1n) is 8.39. The monoisotopic (exact) mass is 364 g/mol. The molecule has 2 aromatic carbocycles. The largest absolute Gasteiger partial charge is 0.497 e. The van der Waals surface area contributed by atoms with Crippen molar-refractivity contribution >= 4 is 11.6 Å². The fourth-order valence-corrected chi connectivity index (χ4v) is 2.28. The van der Waals surface area contributed by atoms with Crippen LogP contribution in [0.1, 0.15) is 5.56 Å². The Hall–Kier alpha value is -3.54. The highest BCUT2D eigenvalue weighted by atomic mass is 16.5. The lowest BCUT2D eigenvalue weighted by atomic mass is 10.2. The molecule has 0 aliphatic rings. The van der Waals surface area contributed by atoms with Crippen LogP contribution in [0.4, 0.5) is 5.69 Å². The van der Waals surface area contributed by atoms with Crippen LogP contribution in [0.25, 0.3) is 0 Å². The molecule has 1 amide bonds. The second-order valence-electron chi connectivity index (χ2n) is 5.82. The first-order valence-corrected chi connectivity index (χ1v) is 8.39. The Morgan fingerprint density at radius 1 is 1.00 bits per heavy atom. The van der Waals surface area contributed by atoms with Gasteiger partial charge in [-0.05, 0) is 37.3 Å². The number of ether oxygens (including phenoxy) is 3. The summed E-state index contributed by atoms with van der Waals surface area (Å²) in [6.45, 7) is 1.90. The third-order valence-electron chi connectivity index (χ3n) is 3.67. The normalized spacial score (nSPS) is 10.1. The minimum Gasteiger partial charge on any atom is -0.497 e. The third-order valence-corrected chi connectivity index (χ3v) is 3.67. The van der Waals surface area contributed by atoms with Gasteiger partial charge in [-0.2, -0.15) is 0 Å². The molecule has 0 spiro atoms. The Labute approximate surface area is 157 Å². The van der Waals surface area contributed by atoms with E-state index in [9.17, 15) is 4.79 Å². The number of methoxy groups -OCH3 is 1. The van der Waals surface area contributed by atoms with Crippen LogP contribution in [0.3, 0.4) is 0 Å². The van der Waals surface area contributed by atoms with E-state index in [1.54, 1.807) is 43.5 Å². The van der Waals surface area contributed by atoms with Gasteiger partial charge in [0.05, 0.1) is 19.0 Å². The predicted molar refractivity (Wildman–Crippen MR) is 103 cm³/mol. The van der Waals surface area contributed by atoms with Crippen molar-refractivity contribution in [1.29, 1.82) is 0 Å². The van der Waals surface area contributed by atoms with Crippen molar-refractivity contribution in [2.45, 2.75) is 6.92 Å². The maximum absolute atomic E-state index is 12.0. The number of hydrogen-bond acceptors (Lipinski definition) is 5. The Morgan fingerprint density at radius 2 is 1.78 bits per heavy atom. The number of aromatic nitrogens is 1. The molecule has 0 aliphatic carbocycles. The molecule has 1 aromatic heterocycles. The van der Waals surface area contributed by atoms with Crippen molar-refractivity contribution < 1.29 is 19.0 Å². The molecule has 3 rings (SSSR count). The molecule has 0 saturated heterocycles. The van der Waals surface area contributed by atoms with Crippen LogP contribution in [0.15, 0.2) is 66.9 Å². The molecule has 0 aliphatic heterocycles. The van der Waals surface area contributed by atoms with E-state index in [0.29, 0.717) is 28.8 Å². The Balaban J connectivity index is 1.51. The van der Waals surface area contributed by atoms with E-state index in [1.807, 2.05) is 31.2 Å². The van der Waals surface area contributed by atoms with Crippen LogP contribution in [0.2, 0.25) is 0 Å². The molecule has 0 fully saturated rings. The van der Waals surface area contributed by atoms with E-state index in [0.717, 1.165) is 5.56 Å². The second kappa shape index (κ2) is 8.71. The van der Waals surface area contributed by atoms with Gasteiger partial charge < -0.3 is 19.5 Å². The van der Waals surface area contributed by atoms with Crippen molar-refractivity contribution in [2.24, 2.45) is 0 Å². The van der Waals surface area contributed by atoms with Crippen LogP contribution >= 0.6 is 0 Å². The minimum absolute atomic E-state index is 0.116. The summed E-state index contributed by atoms with van der Waals surface area (Å²) in [7, 11) is 1.57. The van der Waals surface area contributed by atoms with Crippen molar-refractivity contribution in [3.05, 3.63) is 72.4 Å². The van der Waals surface area contributed by atoms with Gasteiger partial charge >= 0.3 is 0 Å². The summed E-state index contributed by atoms with van der Waals surface area (Å²) < 4.78 is 16.2. The molecule has 3 aromatic rings. The molecule has 6 heteroatoms. The number of aryl methyl sites for hydroxylation is 1. The highest BCUT2D eigenvalue weighted by Gasteiger charge is 2.06. The summed E-state index contributed by atoms with van der Waals surface area (Å²) in [4.78, 5) is 16.2. The summed E-state index contributed by atoms with van der Waals surface area (Å²) in [5.41, 5.74) is 1.72. The van der Waals surface area contributed by atoms with Crippen LogP contribution in [0, 0.1) is 6.92 Å². The number of amides is 1. The summed E-state index contributed by atoms with van der Waals surface area (Å²) in [6, 6.07) is 18.2. The van der Waals surface area contributed by atoms with Gasteiger partial charge in [0.25, 0.3) is 5.91 Å². The molecule has 0 radical (unpaired) electrons. The third kappa shape index (κ3) is 5.47. The van der Waals surface area contributed by atoms with Crippen LogP contribution < -0.4 is 19.5 Å². The molecular formula is C21H20N2O4. The molecule has 27 heavy (non-hydrogen) atoms. The number of hydrogen-bond donors (Lipinski definition) is 1. The molecule has 0 unspecified atom stereocenters. The Bertz CT molecular complexity index is 893. The van der Waals surface area contributed by atoms with Gasteiger partial charge in [0.2, 0.25) is 5.88 Å². The number of benzene rings is 2. The van der Waals surface area contributed by atoms with Crippen molar-refractivity contribution in [3.63, 3.8) is 0 Å². The number of carbonyl (C=O) groups is 1. The van der Waals surface area contributed by atoms with Crippen LogP contribution in [-0.2, 0) is 4.79 Å². The number of carbonyl (C=O) groups excluding carboxylic acids is 1. The second-order valence-corrected chi connectivity index (χ2v) is 5.82. The number of pyridine rings is 1. The average molecular weight is 364 g/mol. The van der Waals surface area contributed by atoms with E-state index in [-0.39, 0.29) is 12.5 Å². The van der Waals surface area contributed by atoms with Crippen molar-refractivity contribution in [1.82, 2.24) is 4.98 Å². The SMILES string of the molecule is COc1cccc(OCC(=O)Nc2ccc(Oc3ccc(C)cc3)nc2)c1. The van der Waals surface area contributed by atoms with Crippen molar-refractivity contribution in [3.8, 4) is 23.1 Å². The molecule has 138 valence electrons. The highest BCUT2D eigenvalue weighted by molar-refractivity contribution is 5.91. The molecule has 0 atom stereocenters. The zero-order valence-corrected chi connectivity index (χ0v) is 15.1. The standard InChI is InChI=1S/C21H20N2O4/c1-15-6-9-17(10-7-15)27-21-11-8-16(13-22-21)23-20(24)14-26-19-5-3-4-18(12-19)25-2/h3-13H,14H2,1-2H3,(H,23,24). The zero-order valence-electron chi connectivity index (χ0n) is 15.1. The first kappa shape index (κ1) is 18.3. The van der Waals surface area contributed by atoms with Crippen LogP contribution in [0.5, 0.6) is 23.1 Å². The van der Waals surface area contributed by atoms with E-state index in [1.165, 1.54) is 6.20 Å². The smallest absolute Gasteiger partial charge is 0.262 e. The number of anilines is 1. The molecular weight excluding hydrogens is 344 g/mol. The lowest BCUT2D eigenvalue weighted by Crippen LogP contribution is -2.20. The Morgan fingerprint density at radius 3 is 2.48 bits per heavy atom. The number of nitrogens with zero attached hydrogens (tertiary/aromatic N) is 1. The van der Waals surface area contributed by atoms with Gasteiger partial charge in [-0.3, -0.25) is 4.79 Å². The fraction of sp³-hybridized carbons (Fsp3) is 0.143. The summed E-state index contributed by atoms with van der Waals surface area (Å²) in [5, 5.41) is 2.73. The Kier molecular flexibility index (Phi) is 5.89. The van der Waals surface area contributed by atoms with Gasteiger partial charge in [-0.15, -0.1) is 0 Å². The first-order chi connectivity index (χ1) is 13.1. The number of nitrogens with one attached hydrogen (secondary N) is 1. The van der Waals surface area contributed by atoms with E-state index < -0.39 is 0 Å². The molecule has 1 heterocycles. The lowest BCUT2D eigenvalue weighted by Gasteiger charge is -2.09. The van der Waals surface area contributed by atoms with Gasteiger partial charge in [0, 0.05) is 12.1 Å². The van der Waals surface area contributed by atoms with Gasteiger partial charge in [-0.1, -0.05) is 23.8 Å². The molecule has 6 nitrogen and oxygen atoms in total. The molecule has 0 bridgehead atoms. The van der Waals surface area contributed by atoms with Gasteiger partial charge in [0.15, 0.2) is 6.61 Å². The highest BCUT2D eigenvalue weighted by Crippen LogP contribution is 2.21. The van der Waals surface area contributed by atoms with Gasteiger partial charge in [-0.25, -0.2) is 4.98 Å². The number of rotatable bonds is 7. The summed E-state index contributed by atoms with van der Waals surface area (Å²) in [5.74, 6) is 2.10. The lowest BCUT2D eigenvalue weighted by molar-refractivity contribution is -0.118. The topological polar surface area (TPSA) is 69.7 Å². The average Bonchev–Trinajstić information content (AvgIpc) is 2.70. The quantitative estimate of drug-likeness (QED) is 0.680. The summed E-state index contributed by atoms with van der Waals surface area (Å²) >= 11 is 0. The van der Waals surface area contributed by atoms with Crippen molar-refractivity contribution in [2.75, 3.05) is 19.0 Å². The fourth-order valence-electron chi connectivity index (χ4n) is 2.28. The maximum Gasteiger partial charge on any atom is 0.262 e. The van der Waals surface area contributed by atoms with Gasteiger partial charge in [0.1, 0.15) is 17.2 Å². The van der Waals surface area contributed by atoms with E-state index in [2.05, 4.69) is 10.3 Å². The predicted octanol–water partition coefficient (Wildman–Crippen LogP) is 4.21. The van der Waals surface area contributed by atoms with E-state index in [4.69, 9.17) is 14.2 Å². The minimum atomic E-state index is -0.285. The molecule has 0 saturated carbocycles. The maximum atomic E-state index is 12.0. The van der Waals surface area contributed by atoms with Crippen LogP contribution in [-0.4, -0.2) is 24.6 Å². The molecule has 1 N–H and O–H groups in total.